The van der Waals surface area contributed by atoms with Gasteiger partial charge in [0, 0.05) is 17.3 Å². The molecule has 0 saturated carbocycles. The second kappa shape index (κ2) is 5.55. The molecule has 0 aliphatic carbocycles. The predicted molar refractivity (Wildman–Crippen MR) is 70.1 cm³/mol. The third-order valence-electron chi connectivity index (χ3n) is 2.28. The van der Waals surface area contributed by atoms with E-state index in [1.165, 1.54) is 12.5 Å². The molecule has 0 aliphatic heterocycles. The van der Waals surface area contributed by atoms with Crippen LogP contribution in [-0.4, -0.2) is 17.6 Å². The Morgan fingerprint density at radius 3 is 3.00 bits per heavy atom. The zero-order valence-corrected chi connectivity index (χ0v) is 10.5. The van der Waals surface area contributed by atoms with Crippen LogP contribution in [0.1, 0.15) is 17.3 Å². The molecule has 0 atom stereocenters. The van der Waals surface area contributed by atoms with Crippen LogP contribution >= 0.6 is 11.6 Å². The number of halogens is 1. The number of hydrogen-bond donors (Lipinski definition) is 2. The lowest BCUT2D eigenvalue weighted by Gasteiger charge is -2.10. The molecule has 2 N–H and O–H groups in total. The maximum Gasteiger partial charge on any atom is 0.257 e. The fourth-order valence-electron chi connectivity index (χ4n) is 1.51. The van der Waals surface area contributed by atoms with E-state index >= 15 is 0 Å². The van der Waals surface area contributed by atoms with Crippen LogP contribution in [0.25, 0.3) is 0 Å². The van der Waals surface area contributed by atoms with Gasteiger partial charge < -0.3 is 15.2 Å². The summed E-state index contributed by atoms with van der Waals surface area (Å²) in [6, 6.07) is 5.12. The Morgan fingerprint density at radius 1 is 1.50 bits per heavy atom. The SMILES string of the molecule is CCNc1ccc(Cl)cc1C(=O)Nc1cnoc1. The second-order valence-electron chi connectivity index (χ2n) is 3.59. The van der Waals surface area contributed by atoms with Gasteiger partial charge in [0.15, 0.2) is 0 Å². The number of amides is 1. The zero-order chi connectivity index (χ0) is 13.0. The third-order valence-corrected chi connectivity index (χ3v) is 2.52. The van der Waals surface area contributed by atoms with Gasteiger partial charge in [-0.2, -0.15) is 0 Å². The topological polar surface area (TPSA) is 67.2 Å². The maximum atomic E-state index is 12.1. The van der Waals surface area contributed by atoms with Crippen molar-refractivity contribution in [1.29, 1.82) is 0 Å². The van der Waals surface area contributed by atoms with Gasteiger partial charge in [0.25, 0.3) is 5.91 Å². The number of rotatable bonds is 4. The zero-order valence-electron chi connectivity index (χ0n) is 9.74. The normalized spacial score (nSPS) is 10.1. The van der Waals surface area contributed by atoms with Crippen molar-refractivity contribution in [2.75, 3.05) is 17.2 Å². The van der Waals surface area contributed by atoms with E-state index in [1.807, 2.05) is 6.92 Å². The number of carbonyl (C=O) groups excluding carboxylic acids is 1. The number of nitrogens with zero attached hydrogens (tertiary/aromatic N) is 1. The maximum absolute atomic E-state index is 12.1. The summed E-state index contributed by atoms with van der Waals surface area (Å²) >= 11 is 5.90. The summed E-state index contributed by atoms with van der Waals surface area (Å²) in [5.74, 6) is -0.267. The van der Waals surface area contributed by atoms with E-state index in [0.717, 1.165) is 12.2 Å². The largest absolute Gasteiger partial charge is 0.385 e. The van der Waals surface area contributed by atoms with Gasteiger partial charge in [-0.1, -0.05) is 16.8 Å². The second-order valence-corrected chi connectivity index (χ2v) is 4.02. The number of carbonyl (C=O) groups is 1. The number of benzene rings is 1. The Balaban J connectivity index is 2.25. The fourth-order valence-corrected chi connectivity index (χ4v) is 1.69. The summed E-state index contributed by atoms with van der Waals surface area (Å²) in [5, 5.41) is 9.80. The van der Waals surface area contributed by atoms with E-state index in [2.05, 4.69) is 20.3 Å². The first kappa shape index (κ1) is 12.4. The molecule has 1 heterocycles. The van der Waals surface area contributed by atoms with Gasteiger partial charge in [0.05, 0.1) is 11.8 Å². The Labute approximate surface area is 109 Å². The van der Waals surface area contributed by atoms with Crippen molar-refractivity contribution in [3.8, 4) is 0 Å². The van der Waals surface area contributed by atoms with Crippen LogP contribution in [0.5, 0.6) is 0 Å². The molecule has 6 heteroatoms. The van der Waals surface area contributed by atoms with E-state index in [9.17, 15) is 4.79 Å². The van der Waals surface area contributed by atoms with E-state index in [4.69, 9.17) is 11.6 Å². The van der Waals surface area contributed by atoms with Crippen LogP contribution in [0, 0.1) is 0 Å². The number of hydrogen-bond acceptors (Lipinski definition) is 4. The molecule has 0 saturated heterocycles. The van der Waals surface area contributed by atoms with E-state index < -0.39 is 0 Å². The van der Waals surface area contributed by atoms with Gasteiger partial charge >= 0.3 is 0 Å². The summed E-state index contributed by atoms with van der Waals surface area (Å²) in [7, 11) is 0. The molecule has 5 nitrogen and oxygen atoms in total. The van der Waals surface area contributed by atoms with Gasteiger partial charge in [-0.25, -0.2) is 0 Å². The predicted octanol–water partition coefficient (Wildman–Crippen LogP) is 3.01. The highest BCUT2D eigenvalue weighted by Crippen LogP contribution is 2.21. The fraction of sp³-hybridized carbons (Fsp3) is 0.167. The Hall–Kier alpha value is -2.01. The highest BCUT2D eigenvalue weighted by Gasteiger charge is 2.12. The minimum absolute atomic E-state index is 0.267. The van der Waals surface area contributed by atoms with Gasteiger partial charge in [0.2, 0.25) is 0 Å². The van der Waals surface area contributed by atoms with Crippen molar-refractivity contribution in [1.82, 2.24) is 5.16 Å². The molecule has 1 aromatic heterocycles. The van der Waals surface area contributed by atoms with Crippen LogP contribution in [0.3, 0.4) is 0 Å². The minimum Gasteiger partial charge on any atom is -0.385 e. The molecule has 94 valence electrons. The summed E-state index contributed by atoms with van der Waals surface area (Å²) in [6.45, 7) is 2.67. The molecule has 0 fully saturated rings. The Kier molecular flexibility index (Phi) is 3.84. The Bertz CT molecular complexity index is 540. The number of anilines is 2. The van der Waals surface area contributed by atoms with Crippen LogP contribution < -0.4 is 10.6 Å². The number of nitrogens with one attached hydrogen (secondary N) is 2. The van der Waals surface area contributed by atoms with E-state index in [1.54, 1.807) is 18.2 Å². The van der Waals surface area contributed by atoms with Gasteiger partial charge in [-0.05, 0) is 25.1 Å². The average Bonchev–Trinajstić information content (AvgIpc) is 2.84. The van der Waals surface area contributed by atoms with Gasteiger partial charge in [-0.3, -0.25) is 4.79 Å². The van der Waals surface area contributed by atoms with Crippen LogP contribution in [0.2, 0.25) is 5.02 Å². The van der Waals surface area contributed by atoms with E-state index in [0.29, 0.717) is 16.3 Å². The third kappa shape index (κ3) is 2.81. The van der Waals surface area contributed by atoms with Crippen LogP contribution in [-0.2, 0) is 0 Å². The molecular weight excluding hydrogens is 254 g/mol. The van der Waals surface area contributed by atoms with Crippen molar-refractivity contribution in [3.05, 3.63) is 41.2 Å². The molecule has 0 spiro atoms. The summed E-state index contributed by atoms with van der Waals surface area (Å²) in [4.78, 5) is 12.1. The molecular formula is C12H12ClN3O2. The lowest BCUT2D eigenvalue weighted by molar-refractivity contribution is 0.102. The van der Waals surface area contributed by atoms with Crippen molar-refractivity contribution in [3.63, 3.8) is 0 Å². The highest BCUT2D eigenvalue weighted by molar-refractivity contribution is 6.31. The molecule has 0 bridgehead atoms. The molecule has 2 rings (SSSR count). The molecule has 0 unspecified atom stereocenters. The highest BCUT2D eigenvalue weighted by atomic mass is 35.5. The monoisotopic (exact) mass is 265 g/mol. The smallest absolute Gasteiger partial charge is 0.257 e. The van der Waals surface area contributed by atoms with Crippen molar-refractivity contribution >= 4 is 28.9 Å². The first-order valence-electron chi connectivity index (χ1n) is 5.45. The standard InChI is InChI=1S/C12H12ClN3O2/c1-2-14-11-4-3-8(13)5-10(11)12(17)16-9-6-15-18-7-9/h3-7,14H,2H2,1H3,(H,16,17). The van der Waals surface area contributed by atoms with Crippen molar-refractivity contribution < 1.29 is 9.32 Å². The molecule has 1 aromatic carbocycles. The molecule has 2 aromatic rings. The lowest BCUT2D eigenvalue weighted by atomic mass is 10.1. The first-order valence-corrected chi connectivity index (χ1v) is 5.82. The lowest BCUT2D eigenvalue weighted by Crippen LogP contribution is -2.14. The van der Waals surface area contributed by atoms with Gasteiger partial charge in [0.1, 0.15) is 12.0 Å². The Morgan fingerprint density at radius 2 is 2.33 bits per heavy atom. The quantitative estimate of drug-likeness (QED) is 0.892. The number of aromatic nitrogens is 1. The molecule has 0 aliphatic rings. The average molecular weight is 266 g/mol. The summed E-state index contributed by atoms with van der Waals surface area (Å²) in [6.07, 6.45) is 2.78. The van der Waals surface area contributed by atoms with E-state index in [-0.39, 0.29) is 5.91 Å². The molecule has 1 amide bonds. The molecule has 18 heavy (non-hydrogen) atoms. The first-order chi connectivity index (χ1) is 8.70. The van der Waals surface area contributed by atoms with Crippen molar-refractivity contribution in [2.24, 2.45) is 0 Å². The minimum atomic E-state index is -0.267. The van der Waals surface area contributed by atoms with Crippen LogP contribution in [0.15, 0.2) is 35.2 Å². The summed E-state index contributed by atoms with van der Waals surface area (Å²) in [5.41, 5.74) is 1.71. The van der Waals surface area contributed by atoms with Crippen LogP contribution in [0.4, 0.5) is 11.4 Å². The molecule has 0 radical (unpaired) electrons. The van der Waals surface area contributed by atoms with Crippen molar-refractivity contribution in [2.45, 2.75) is 6.92 Å². The summed E-state index contributed by atoms with van der Waals surface area (Å²) < 4.78 is 4.65. The van der Waals surface area contributed by atoms with Gasteiger partial charge in [-0.15, -0.1) is 0 Å².